The number of rotatable bonds is 5. The largest absolute Gasteiger partial charge is 0.347 e. The third-order valence-corrected chi connectivity index (χ3v) is 5.67. The number of carbonyl (C=O) groups is 1. The van der Waals surface area contributed by atoms with Crippen LogP contribution in [0.1, 0.15) is 16.1 Å². The molecule has 0 unspecified atom stereocenters. The first-order chi connectivity index (χ1) is 12.3. The van der Waals surface area contributed by atoms with Crippen LogP contribution >= 0.6 is 22.6 Å². The minimum atomic E-state index is -3.22. The minimum absolute atomic E-state index is 0.193. The van der Waals surface area contributed by atoms with Gasteiger partial charge in [-0.1, -0.05) is 18.2 Å². The van der Waals surface area contributed by atoms with Gasteiger partial charge < -0.3 is 9.88 Å². The number of benzene rings is 2. The Kier molecular flexibility index (Phi) is 5.47. The van der Waals surface area contributed by atoms with Crippen LogP contribution in [0.4, 0.5) is 0 Å². The molecule has 0 saturated heterocycles. The molecule has 2 aromatic carbocycles. The smallest absolute Gasteiger partial charge is 0.268 e. The molecule has 0 aliphatic rings. The standard InChI is InChI=1S/C19H17IN2O3S/c1-26(24,25)17-9-7-14(8-10-17)13-21-19(23)18-6-3-11-22(18)16-5-2-4-15(20)12-16/h2-12H,13H2,1H3,(H,21,23). The highest BCUT2D eigenvalue weighted by Gasteiger charge is 2.12. The Balaban J connectivity index is 1.73. The van der Waals surface area contributed by atoms with E-state index in [0.29, 0.717) is 12.2 Å². The van der Waals surface area contributed by atoms with Crippen molar-refractivity contribution < 1.29 is 13.2 Å². The Bertz CT molecular complexity index is 1040. The molecule has 134 valence electrons. The quantitative estimate of drug-likeness (QED) is 0.570. The monoisotopic (exact) mass is 480 g/mol. The molecule has 3 rings (SSSR count). The number of halogens is 1. The average Bonchev–Trinajstić information content (AvgIpc) is 3.09. The van der Waals surface area contributed by atoms with E-state index in [2.05, 4.69) is 27.9 Å². The number of hydrogen-bond donors (Lipinski definition) is 1. The number of carbonyl (C=O) groups excluding carboxylic acids is 1. The zero-order chi connectivity index (χ0) is 18.7. The van der Waals surface area contributed by atoms with E-state index in [1.165, 1.54) is 6.26 Å². The van der Waals surface area contributed by atoms with Gasteiger partial charge in [0.15, 0.2) is 9.84 Å². The molecule has 7 heteroatoms. The molecular weight excluding hydrogens is 463 g/mol. The van der Waals surface area contributed by atoms with E-state index in [1.54, 1.807) is 30.3 Å². The Morgan fingerprint density at radius 2 is 1.81 bits per heavy atom. The number of nitrogens with zero attached hydrogens (tertiary/aromatic N) is 1. The van der Waals surface area contributed by atoms with Crippen molar-refractivity contribution in [2.24, 2.45) is 0 Å². The maximum absolute atomic E-state index is 12.6. The fourth-order valence-electron chi connectivity index (χ4n) is 2.54. The first kappa shape index (κ1) is 18.7. The van der Waals surface area contributed by atoms with Crippen LogP contribution in [-0.4, -0.2) is 25.1 Å². The molecule has 1 N–H and O–H groups in total. The van der Waals surface area contributed by atoms with Crippen LogP contribution in [0.2, 0.25) is 0 Å². The van der Waals surface area contributed by atoms with Crippen LogP contribution < -0.4 is 5.32 Å². The van der Waals surface area contributed by atoms with E-state index < -0.39 is 9.84 Å². The molecule has 1 aromatic heterocycles. The van der Waals surface area contributed by atoms with Gasteiger partial charge in [-0.2, -0.15) is 0 Å². The van der Waals surface area contributed by atoms with Crippen LogP contribution in [0, 0.1) is 3.57 Å². The molecular formula is C19H17IN2O3S. The highest BCUT2D eigenvalue weighted by molar-refractivity contribution is 14.1. The first-order valence-electron chi connectivity index (χ1n) is 7.85. The summed E-state index contributed by atoms with van der Waals surface area (Å²) in [5.74, 6) is -0.193. The molecule has 0 bridgehead atoms. The third-order valence-electron chi connectivity index (χ3n) is 3.87. The second-order valence-electron chi connectivity index (χ2n) is 5.84. The molecule has 1 amide bonds. The summed E-state index contributed by atoms with van der Waals surface area (Å²) in [6.07, 6.45) is 3.02. The second kappa shape index (κ2) is 7.63. The van der Waals surface area contributed by atoms with Gasteiger partial charge in [-0.25, -0.2) is 8.42 Å². The molecule has 0 radical (unpaired) electrons. The molecule has 0 aliphatic heterocycles. The summed E-state index contributed by atoms with van der Waals surface area (Å²) in [6.45, 7) is 0.320. The normalized spacial score (nSPS) is 11.3. The van der Waals surface area contributed by atoms with Crippen LogP contribution in [0.5, 0.6) is 0 Å². The van der Waals surface area contributed by atoms with Crippen molar-refractivity contribution in [3.63, 3.8) is 0 Å². The summed E-state index contributed by atoms with van der Waals surface area (Å²) < 4.78 is 25.9. The zero-order valence-electron chi connectivity index (χ0n) is 14.0. The van der Waals surface area contributed by atoms with Crippen molar-refractivity contribution in [1.29, 1.82) is 0 Å². The SMILES string of the molecule is CS(=O)(=O)c1ccc(CNC(=O)c2cccn2-c2cccc(I)c2)cc1. The van der Waals surface area contributed by atoms with Crippen molar-refractivity contribution >= 4 is 38.3 Å². The summed E-state index contributed by atoms with van der Waals surface area (Å²) in [7, 11) is -3.22. The van der Waals surface area contributed by atoms with Gasteiger partial charge in [0.05, 0.1) is 4.90 Å². The summed E-state index contributed by atoms with van der Waals surface area (Å²) in [6, 6.07) is 18.0. The van der Waals surface area contributed by atoms with Crippen LogP contribution in [0.25, 0.3) is 5.69 Å². The predicted molar refractivity (Wildman–Crippen MR) is 109 cm³/mol. The summed E-state index contributed by atoms with van der Waals surface area (Å²) in [5.41, 5.74) is 2.29. The maximum Gasteiger partial charge on any atom is 0.268 e. The lowest BCUT2D eigenvalue weighted by Gasteiger charge is -2.10. The highest BCUT2D eigenvalue weighted by atomic mass is 127. The van der Waals surface area contributed by atoms with Crippen molar-refractivity contribution in [1.82, 2.24) is 9.88 Å². The minimum Gasteiger partial charge on any atom is -0.347 e. The lowest BCUT2D eigenvalue weighted by atomic mass is 10.2. The number of nitrogens with one attached hydrogen (secondary N) is 1. The lowest BCUT2D eigenvalue weighted by Crippen LogP contribution is -2.25. The number of sulfone groups is 1. The zero-order valence-corrected chi connectivity index (χ0v) is 17.0. The Labute approximate surface area is 166 Å². The fraction of sp³-hybridized carbons (Fsp3) is 0.105. The van der Waals surface area contributed by atoms with Gasteiger partial charge >= 0.3 is 0 Å². The van der Waals surface area contributed by atoms with Gasteiger partial charge in [0, 0.05) is 28.3 Å². The molecule has 0 fully saturated rings. The summed E-state index contributed by atoms with van der Waals surface area (Å²) in [5, 5.41) is 2.87. The molecule has 1 heterocycles. The van der Waals surface area contributed by atoms with Crippen LogP contribution in [0.3, 0.4) is 0 Å². The topological polar surface area (TPSA) is 68.2 Å². The molecule has 0 spiro atoms. The Morgan fingerprint density at radius 1 is 1.08 bits per heavy atom. The van der Waals surface area contributed by atoms with E-state index in [4.69, 9.17) is 0 Å². The van der Waals surface area contributed by atoms with Gasteiger partial charge in [0.2, 0.25) is 0 Å². The second-order valence-corrected chi connectivity index (χ2v) is 9.10. The van der Waals surface area contributed by atoms with E-state index >= 15 is 0 Å². The van der Waals surface area contributed by atoms with E-state index in [9.17, 15) is 13.2 Å². The molecule has 0 atom stereocenters. The number of aromatic nitrogens is 1. The van der Waals surface area contributed by atoms with Crippen molar-refractivity contribution in [3.05, 3.63) is 81.7 Å². The van der Waals surface area contributed by atoms with Crippen molar-refractivity contribution in [2.75, 3.05) is 6.26 Å². The molecule has 0 aliphatic carbocycles. The van der Waals surface area contributed by atoms with E-state index in [1.807, 2.05) is 41.1 Å². The van der Waals surface area contributed by atoms with Gasteiger partial charge in [-0.05, 0) is 70.6 Å². The van der Waals surface area contributed by atoms with E-state index in [0.717, 1.165) is 14.8 Å². The average molecular weight is 480 g/mol. The Hall–Kier alpha value is -2.13. The number of amides is 1. The molecule has 26 heavy (non-hydrogen) atoms. The summed E-state index contributed by atoms with van der Waals surface area (Å²) >= 11 is 2.24. The van der Waals surface area contributed by atoms with Crippen molar-refractivity contribution in [3.8, 4) is 5.69 Å². The van der Waals surface area contributed by atoms with E-state index in [-0.39, 0.29) is 10.8 Å². The third kappa shape index (κ3) is 4.34. The molecule has 0 saturated carbocycles. The van der Waals surface area contributed by atoms with Gasteiger partial charge in [0.25, 0.3) is 5.91 Å². The maximum atomic E-state index is 12.6. The molecule has 5 nitrogen and oxygen atoms in total. The number of hydrogen-bond acceptors (Lipinski definition) is 3. The summed E-state index contributed by atoms with van der Waals surface area (Å²) in [4.78, 5) is 12.8. The Morgan fingerprint density at radius 3 is 2.46 bits per heavy atom. The van der Waals surface area contributed by atoms with Gasteiger partial charge in [-0.15, -0.1) is 0 Å². The fourth-order valence-corrected chi connectivity index (χ4v) is 3.70. The highest BCUT2D eigenvalue weighted by Crippen LogP contribution is 2.16. The lowest BCUT2D eigenvalue weighted by molar-refractivity contribution is 0.0944. The predicted octanol–water partition coefficient (Wildman–Crippen LogP) is 3.42. The van der Waals surface area contributed by atoms with Crippen LogP contribution in [0.15, 0.2) is 71.8 Å². The molecule has 3 aromatic rings. The van der Waals surface area contributed by atoms with Crippen LogP contribution in [-0.2, 0) is 16.4 Å². The van der Waals surface area contributed by atoms with Gasteiger partial charge in [0.1, 0.15) is 5.69 Å². The van der Waals surface area contributed by atoms with Gasteiger partial charge in [-0.3, -0.25) is 4.79 Å². The first-order valence-corrected chi connectivity index (χ1v) is 10.8. The van der Waals surface area contributed by atoms with Crippen molar-refractivity contribution in [2.45, 2.75) is 11.4 Å².